The Morgan fingerprint density at radius 3 is 2.06 bits per heavy atom. The van der Waals surface area contributed by atoms with Gasteiger partial charge in [0.25, 0.3) is 0 Å². The second-order valence-corrected chi connectivity index (χ2v) is 4.53. The Bertz CT molecular complexity index is 399. The summed E-state index contributed by atoms with van der Waals surface area (Å²) in [7, 11) is 0. The highest BCUT2D eigenvalue weighted by Crippen LogP contribution is 2.14. The van der Waals surface area contributed by atoms with Gasteiger partial charge in [0, 0.05) is 24.3 Å². The molecule has 0 saturated heterocycles. The molecule has 1 rings (SSSR count). The number of hydrogen-bond donors (Lipinski definition) is 1. The van der Waals surface area contributed by atoms with Crippen LogP contribution in [-0.2, 0) is 0 Å². The van der Waals surface area contributed by atoms with Gasteiger partial charge in [0.1, 0.15) is 5.60 Å². The van der Waals surface area contributed by atoms with Crippen molar-refractivity contribution in [1.82, 2.24) is 0 Å². The second-order valence-electron chi connectivity index (χ2n) is 4.53. The fraction of sp³-hybridized carbons (Fsp3) is 0.467. The maximum atomic E-state index is 9.52. The van der Waals surface area contributed by atoms with Crippen molar-refractivity contribution in [2.75, 3.05) is 18.0 Å². The molecule has 0 heterocycles. The molecule has 0 atom stereocenters. The summed E-state index contributed by atoms with van der Waals surface area (Å²) in [6, 6.07) is 8.13. The van der Waals surface area contributed by atoms with Crippen molar-refractivity contribution in [2.24, 2.45) is 0 Å². The molecule has 1 N–H and O–H groups in total. The van der Waals surface area contributed by atoms with Gasteiger partial charge in [-0.05, 0) is 52.0 Å². The first-order valence-electron chi connectivity index (χ1n) is 6.07. The number of anilines is 1. The van der Waals surface area contributed by atoms with Crippen molar-refractivity contribution in [3.05, 3.63) is 29.8 Å². The summed E-state index contributed by atoms with van der Waals surface area (Å²) in [6.07, 6.45) is 0. The van der Waals surface area contributed by atoms with Gasteiger partial charge in [-0.3, -0.25) is 0 Å². The molecule has 0 radical (unpaired) electrons. The molecule has 0 saturated carbocycles. The minimum atomic E-state index is -0.933. The van der Waals surface area contributed by atoms with Gasteiger partial charge in [-0.25, -0.2) is 0 Å². The Kier molecular flexibility index (Phi) is 4.60. The number of nitrogens with zero attached hydrogens (tertiary/aromatic N) is 1. The highest BCUT2D eigenvalue weighted by atomic mass is 16.3. The average Bonchev–Trinajstić information content (AvgIpc) is 2.29. The quantitative estimate of drug-likeness (QED) is 0.808. The SMILES string of the molecule is CCN(CC)c1ccc(C#CC(C)(C)O)cc1. The van der Waals surface area contributed by atoms with Crippen LogP contribution in [0.15, 0.2) is 24.3 Å². The monoisotopic (exact) mass is 231 g/mol. The van der Waals surface area contributed by atoms with E-state index in [4.69, 9.17) is 0 Å². The molecule has 2 heteroatoms. The standard InChI is InChI=1S/C15H21NO/c1-5-16(6-2)14-9-7-13(8-10-14)11-12-15(3,4)17/h7-10,17H,5-6H2,1-4H3. The van der Waals surface area contributed by atoms with Crippen LogP contribution in [0.5, 0.6) is 0 Å². The molecule has 0 fully saturated rings. The summed E-state index contributed by atoms with van der Waals surface area (Å²) in [5.41, 5.74) is 1.21. The predicted octanol–water partition coefficient (Wildman–Crippen LogP) is 2.66. The summed E-state index contributed by atoms with van der Waals surface area (Å²) >= 11 is 0. The lowest BCUT2D eigenvalue weighted by molar-refractivity contribution is 0.143. The van der Waals surface area contributed by atoms with E-state index in [9.17, 15) is 5.11 Å². The molecule has 0 spiro atoms. The lowest BCUT2D eigenvalue weighted by atomic mass is 10.1. The highest BCUT2D eigenvalue weighted by molar-refractivity contribution is 5.50. The first kappa shape index (κ1) is 13.6. The van der Waals surface area contributed by atoms with E-state index >= 15 is 0 Å². The van der Waals surface area contributed by atoms with E-state index in [1.165, 1.54) is 5.69 Å². The fourth-order valence-corrected chi connectivity index (χ4v) is 1.57. The van der Waals surface area contributed by atoms with E-state index in [0.29, 0.717) is 0 Å². The zero-order chi connectivity index (χ0) is 12.9. The molecule has 0 aliphatic carbocycles. The summed E-state index contributed by atoms with van der Waals surface area (Å²) in [6.45, 7) is 9.67. The summed E-state index contributed by atoms with van der Waals surface area (Å²) in [4.78, 5) is 2.28. The second kappa shape index (κ2) is 5.75. The molecular formula is C15H21NO. The van der Waals surface area contributed by atoms with Gasteiger partial charge in [0.15, 0.2) is 0 Å². The molecule has 0 amide bonds. The van der Waals surface area contributed by atoms with Crippen LogP contribution >= 0.6 is 0 Å². The molecule has 2 nitrogen and oxygen atoms in total. The Labute approximate surface area is 104 Å². The first-order valence-corrected chi connectivity index (χ1v) is 6.07. The normalized spacial score (nSPS) is 10.6. The number of hydrogen-bond acceptors (Lipinski definition) is 2. The highest BCUT2D eigenvalue weighted by Gasteiger charge is 2.05. The number of rotatable bonds is 3. The Morgan fingerprint density at radius 2 is 1.65 bits per heavy atom. The lowest BCUT2D eigenvalue weighted by Crippen LogP contribution is -2.21. The molecule has 1 aromatic carbocycles. The summed E-state index contributed by atoms with van der Waals surface area (Å²) in [5.74, 6) is 5.78. The zero-order valence-electron chi connectivity index (χ0n) is 11.1. The van der Waals surface area contributed by atoms with Gasteiger partial charge in [-0.15, -0.1) is 0 Å². The minimum absolute atomic E-state index is 0.933. The van der Waals surface area contributed by atoms with Gasteiger partial charge in [-0.2, -0.15) is 0 Å². The van der Waals surface area contributed by atoms with Crippen LogP contribution in [0, 0.1) is 11.8 Å². The van der Waals surface area contributed by atoms with E-state index in [1.54, 1.807) is 13.8 Å². The molecule has 0 aliphatic rings. The molecule has 0 bridgehead atoms. The van der Waals surface area contributed by atoms with Crippen LogP contribution in [-0.4, -0.2) is 23.8 Å². The van der Waals surface area contributed by atoms with E-state index in [2.05, 4.69) is 42.7 Å². The third kappa shape index (κ3) is 4.50. The Balaban J connectivity index is 2.84. The van der Waals surface area contributed by atoms with E-state index in [-0.39, 0.29) is 0 Å². The summed E-state index contributed by atoms with van der Waals surface area (Å²) < 4.78 is 0. The number of aliphatic hydroxyl groups is 1. The van der Waals surface area contributed by atoms with Gasteiger partial charge in [0.05, 0.1) is 0 Å². The van der Waals surface area contributed by atoms with Crippen molar-refractivity contribution in [3.63, 3.8) is 0 Å². The van der Waals surface area contributed by atoms with Crippen LogP contribution < -0.4 is 4.90 Å². The van der Waals surface area contributed by atoms with Crippen LogP contribution in [0.4, 0.5) is 5.69 Å². The molecule has 1 aromatic rings. The molecule has 0 unspecified atom stereocenters. The van der Waals surface area contributed by atoms with Gasteiger partial charge in [0.2, 0.25) is 0 Å². The first-order chi connectivity index (χ1) is 7.96. The number of benzene rings is 1. The van der Waals surface area contributed by atoms with Gasteiger partial charge < -0.3 is 10.0 Å². The van der Waals surface area contributed by atoms with Crippen molar-refractivity contribution in [2.45, 2.75) is 33.3 Å². The van der Waals surface area contributed by atoms with Gasteiger partial charge >= 0.3 is 0 Å². The van der Waals surface area contributed by atoms with E-state index in [0.717, 1.165) is 18.7 Å². The van der Waals surface area contributed by atoms with Crippen LogP contribution in [0.2, 0.25) is 0 Å². The fourth-order valence-electron chi connectivity index (χ4n) is 1.57. The largest absolute Gasteiger partial charge is 0.378 e. The Hall–Kier alpha value is -1.46. The molecule has 0 aromatic heterocycles. The third-order valence-corrected chi connectivity index (χ3v) is 2.51. The van der Waals surface area contributed by atoms with Crippen molar-refractivity contribution in [1.29, 1.82) is 0 Å². The Morgan fingerprint density at radius 1 is 1.12 bits per heavy atom. The molecule has 17 heavy (non-hydrogen) atoms. The average molecular weight is 231 g/mol. The van der Waals surface area contributed by atoms with Gasteiger partial charge in [-0.1, -0.05) is 11.8 Å². The van der Waals surface area contributed by atoms with E-state index < -0.39 is 5.60 Å². The maximum absolute atomic E-state index is 9.52. The van der Waals surface area contributed by atoms with Crippen molar-refractivity contribution in [3.8, 4) is 11.8 Å². The topological polar surface area (TPSA) is 23.5 Å². The zero-order valence-corrected chi connectivity index (χ0v) is 11.1. The molecule has 92 valence electrons. The maximum Gasteiger partial charge on any atom is 0.120 e. The van der Waals surface area contributed by atoms with Crippen LogP contribution in [0.3, 0.4) is 0 Å². The molecule has 0 aliphatic heterocycles. The third-order valence-electron chi connectivity index (χ3n) is 2.51. The summed E-state index contributed by atoms with van der Waals surface area (Å²) in [5, 5.41) is 9.52. The predicted molar refractivity (Wildman–Crippen MR) is 73.2 cm³/mol. The van der Waals surface area contributed by atoms with Crippen molar-refractivity contribution >= 4 is 5.69 Å². The van der Waals surface area contributed by atoms with Crippen molar-refractivity contribution < 1.29 is 5.11 Å². The van der Waals surface area contributed by atoms with Crippen LogP contribution in [0.25, 0.3) is 0 Å². The lowest BCUT2D eigenvalue weighted by Gasteiger charge is -2.20. The molecular weight excluding hydrogens is 210 g/mol. The smallest absolute Gasteiger partial charge is 0.120 e. The minimum Gasteiger partial charge on any atom is -0.378 e. The van der Waals surface area contributed by atoms with E-state index in [1.807, 2.05) is 12.1 Å². The van der Waals surface area contributed by atoms with Crippen LogP contribution in [0.1, 0.15) is 33.3 Å².